The van der Waals surface area contributed by atoms with Gasteiger partial charge in [-0.2, -0.15) is 0 Å². The predicted molar refractivity (Wildman–Crippen MR) is 69.6 cm³/mol. The number of hydrogen-bond donors (Lipinski definition) is 1. The Hall–Kier alpha value is -1.89. The Bertz CT molecular complexity index is 582. The van der Waals surface area contributed by atoms with Gasteiger partial charge in [0.15, 0.2) is 5.82 Å². The van der Waals surface area contributed by atoms with Crippen molar-refractivity contribution >= 4 is 17.4 Å². The van der Waals surface area contributed by atoms with Crippen LogP contribution in [0.2, 0.25) is 0 Å². The molecule has 0 atom stereocenters. The molecule has 18 heavy (non-hydrogen) atoms. The van der Waals surface area contributed by atoms with Crippen LogP contribution in [0.3, 0.4) is 0 Å². The van der Waals surface area contributed by atoms with Gasteiger partial charge in [0.05, 0.1) is 4.92 Å². The molecule has 0 spiro atoms. The highest BCUT2D eigenvalue weighted by Gasteiger charge is 2.12. The summed E-state index contributed by atoms with van der Waals surface area (Å²) in [6.07, 6.45) is 0. The lowest BCUT2D eigenvalue weighted by molar-refractivity contribution is -0.385. The Kier molecular flexibility index (Phi) is 3.61. The fourth-order valence-electron chi connectivity index (χ4n) is 1.58. The summed E-state index contributed by atoms with van der Waals surface area (Å²) in [6, 6.07) is 4.89. The van der Waals surface area contributed by atoms with Gasteiger partial charge in [-0.3, -0.25) is 15.2 Å². The Morgan fingerprint density at radius 3 is 2.89 bits per heavy atom. The van der Waals surface area contributed by atoms with Crippen molar-refractivity contribution in [3.05, 3.63) is 33.9 Å². The molecule has 0 aliphatic heterocycles. The Labute approximate surface area is 108 Å². The second kappa shape index (κ2) is 5.18. The smallest absolute Gasteiger partial charge is 0.258 e. The second-order valence-corrected chi connectivity index (χ2v) is 4.89. The van der Waals surface area contributed by atoms with Crippen molar-refractivity contribution in [3.8, 4) is 11.4 Å². The zero-order valence-electron chi connectivity index (χ0n) is 10.0. The third-order valence-electron chi connectivity index (χ3n) is 2.41. The van der Waals surface area contributed by atoms with E-state index in [9.17, 15) is 10.1 Å². The van der Waals surface area contributed by atoms with E-state index in [4.69, 9.17) is 0 Å². The minimum absolute atomic E-state index is 0.112. The van der Waals surface area contributed by atoms with Gasteiger partial charge < -0.3 is 0 Å². The van der Waals surface area contributed by atoms with E-state index >= 15 is 0 Å². The van der Waals surface area contributed by atoms with E-state index in [0.717, 1.165) is 11.3 Å². The van der Waals surface area contributed by atoms with Crippen LogP contribution in [0.25, 0.3) is 11.4 Å². The lowest BCUT2D eigenvalue weighted by Gasteiger charge is -1.99. The largest absolute Gasteiger partial charge is 0.272 e. The molecule has 2 rings (SSSR count). The first kappa shape index (κ1) is 12.6. The number of nitro groups is 1. The first-order chi connectivity index (χ1) is 8.61. The number of aryl methyl sites for hydroxylation is 1. The maximum atomic E-state index is 10.7. The van der Waals surface area contributed by atoms with Gasteiger partial charge in [-0.25, -0.2) is 4.98 Å². The van der Waals surface area contributed by atoms with Crippen molar-refractivity contribution in [3.63, 3.8) is 0 Å². The maximum absolute atomic E-state index is 10.7. The third kappa shape index (κ3) is 2.51. The van der Waals surface area contributed by atoms with Gasteiger partial charge >= 0.3 is 0 Å². The van der Waals surface area contributed by atoms with Crippen LogP contribution in [-0.4, -0.2) is 25.9 Å². The molecule has 0 bridgehead atoms. The molecule has 7 heteroatoms. The first-order valence-electron chi connectivity index (χ1n) is 5.42. The van der Waals surface area contributed by atoms with Crippen molar-refractivity contribution in [1.82, 2.24) is 15.2 Å². The lowest BCUT2D eigenvalue weighted by atomic mass is 10.1. The van der Waals surface area contributed by atoms with Crippen LogP contribution in [0, 0.1) is 17.0 Å². The summed E-state index contributed by atoms with van der Waals surface area (Å²) in [7, 11) is 0. The Morgan fingerprint density at radius 1 is 1.50 bits per heavy atom. The molecule has 0 aliphatic carbocycles. The molecule has 0 radical (unpaired) electrons. The van der Waals surface area contributed by atoms with Gasteiger partial charge in [0.1, 0.15) is 0 Å². The van der Waals surface area contributed by atoms with E-state index in [1.54, 1.807) is 30.8 Å². The van der Waals surface area contributed by atoms with Crippen molar-refractivity contribution < 1.29 is 4.92 Å². The fraction of sp³-hybridized carbons (Fsp3) is 0.273. The number of H-pyrrole nitrogens is 1. The quantitative estimate of drug-likeness (QED) is 0.521. The highest BCUT2D eigenvalue weighted by Crippen LogP contribution is 2.25. The molecule has 0 fully saturated rings. The average molecular weight is 264 g/mol. The lowest BCUT2D eigenvalue weighted by Crippen LogP contribution is -1.92. The summed E-state index contributed by atoms with van der Waals surface area (Å²) < 4.78 is 0. The molecular weight excluding hydrogens is 252 g/mol. The van der Waals surface area contributed by atoms with Crippen LogP contribution >= 0.6 is 11.8 Å². The van der Waals surface area contributed by atoms with Crippen molar-refractivity contribution in [2.75, 3.05) is 5.75 Å². The molecule has 0 amide bonds. The molecule has 2 aromatic rings. The number of nitrogens with one attached hydrogen (secondary N) is 1. The van der Waals surface area contributed by atoms with E-state index in [2.05, 4.69) is 15.2 Å². The van der Waals surface area contributed by atoms with E-state index in [0.29, 0.717) is 16.5 Å². The summed E-state index contributed by atoms with van der Waals surface area (Å²) in [6.45, 7) is 3.73. The topological polar surface area (TPSA) is 84.7 Å². The normalized spacial score (nSPS) is 10.6. The average Bonchev–Trinajstić information content (AvgIpc) is 2.77. The number of benzene rings is 1. The number of aromatic amines is 1. The molecule has 1 N–H and O–H groups in total. The SMILES string of the molecule is CCSc1n[nH]c(-c2ccc([N+](=O)[O-])c(C)c2)n1. The summed E-state index contributed by atoms with van der Waals surface area (Å²) in [5.74, 6) is 1.53. The molecule has 1 aromatic heterocycles. The van der Waals surface area contributed by atoms with Crippen LogP contribution in [0.1, 0.15) is 12.5 Å². The van der Waals surface area contributed by atoms with Gasteiger partial charge in [0.2, 0.25) is 5.16 Å². The number of nitro benzene ring substituents is 1. The molecule has 0 aliphatic rings. The first-order valence-corrected chi connectivity index (χ1v) is 6.41. The second-order valence-electron chi connectivity index (χ2n) is 3.66. The zero-order valence-corrected chi connectivity index (χ0v) is 10.8. The summed E-state index contributed by atoms with van der Waals surface area (Å²) in [4.78, 5) is 14.6. The van der Waals surface area contributed by atoms with Crippen LogP contribution in [0.4, 0.5) is 5.69 Å². The number of thioether (sulfide) groups is 1. The van der Waals surface area contributed by atoms with E-state index < -0.39 is 4.92 Å². The standard InChI is InChI=1S/C11H12N4O2S/c1-3-18-11-12-10(13-14-11)8-4-5-9(15(16)17)7(2)6-8/h4-6H,3H2,1-2H3,(H,12,13,14). The third-order valence-corrected chi connectivity index (χ3v) is 3.13. The number of nitrogens with zero attached hydrogens (tertiary/aromatic N) is 3. The van der Waals surface area contributed by atoms with Crippen LogP contribution in [0.5, 0.6) is 0 Å². The van der Waals surface area contributed by atoms with Crippen molar-refractivity contribution in [2.24, 2.45) is 0 Å². The summed E-state index contributed by atoms with van der Waals surface area (Å²) >= 11 is 1.54. The van der Waals surface area contributed by atoms with Gasteiger partial charge in [-0.05, 0) is 24.8 Å². The predicted octanol–water partition coefficient (Wildman–Crippen LogP) is 2.80. The monoisotopic (exact) mass is 264 g/mol. The Balaban J connectivity index is 2.33. The minimum atomic E-state index is -0.391. The molecule has 1 aromatic carbocycles. The highest BCUT2D eigenvalue weighted by molar-refractivity contribution is 7.99. The van der Waals surface area contributed by atoms with Crippen LogP contribution in [-0.2, 0) is 0 Å². The molecule has 94 valence electrons. The highest BCUT2D eigenvalue weighted by atomic mass is 32.2. The molecule has 0 saturated carbocycles. The maximum Gasteiger partial charge on any atom is 0.272 e. The van der Waals surface area contributed by atoms with Crippen LogP contribution < -0.4 is 0 Å². The van der Waals surface area contributed by atoms with Gasteiger partial charge in [0, 0.05) is 17.2 Å². The van der Waals surface area contributed by atoms with Crippen molar-refractivity contribution in [2.45, 2.75) is 19.0 Å². The zero-order chi connectivity index (χ0) is 13.1. The van der Waals surface area contributed by atoms with E-state index in [-0.39, 0.29) is 5.69 Å². The molecule has 0 saturated heterocycles. The minimum Gasteiger partial charge on any atom is -0.258 e. The van der Waals surface area contributed by atoms with Gasteiger partial charge in [-0.15, -0.1) is 5.10 Å². The number of rotatable bonds is 4. The van der Waals surface area contributed by atoms with Crippen LogP contribution in [0.15, 0.2) is 23.4 Å². The number of aromatic nitrogens is 3. The number of hydrogen-bond acceptors (Lipinski definition) is 5. The summed E-state index contributed by atoms with van der Waals surface area (Å²) in [5.41, 5.74) is 1.52. The van der Waals surface area contributed by atoms with Gasteiger partial charge in [-0.1, -0.05) is 18.7 Å². The molecular formula is C11H12N4O2S. The van der Waals surface area contributed by atoms with E-state index in [1.807, 2.05) is 6.92 Å². The Morgan fingerprint density at radius 2 is 2.28 bits per heavy atom. The van der Waals surface area contributed by atoms with Gasteiger partial charge in [0.25, 0.3) is 5.69 Å². The fourth-order valence-corrected chi connectivity index (χ4v) is 2.10. The molecule has 0 unspecified atom stereocenters. The summed E-state index contributed by atoms with van der Waals surface area (Å²) in [5, 5.41) is 18.3. The molecule has 6 nitrogen and oxygen atoms in total. The van der Waals surface area contributed by atoms with Crippen molar-refractivity contribution in [1.29, 1.82) is 0 Å². The molecule has 1 heterocycles. The van der Waals surface area contributed by atoms with E-state index in [1.165, 1.54) is 6.07 Å².